The standard InChI is InChI=1S/C14H32N2O/c1-7-16(8-2)11-9-10-15-13(3)12-14(4,5)17-6/h13,15H,7-12H2,1-6H3. The van der Waals surface area contributed by atoms with Crippen LogP contribution in [0.15, 0.2) is 0 Å². The molecule has 0 saturated heterocycles. The minimum atomic E-state index is -0.0225. The van der Waals surface area contributed by atoms with E-state index < -0.39 is 0 Å². The molecule has 0 aromatic heterocycles. The van der Waals surface area contributed by atoms with E-state index in [9.17, 15) is 0 Å². The van der Waals surface area contributed by atoms with Crippen LogP contribution in [0.2, 0.25) is 0 Å². The van der Waals surface area contributed by atoms with Crippen LogP contribution in [0.25, 0.3) is 0 Å². The van der Waals surface area contributed by atoms with Crippen LogP contribution in [-0.2, 0) is 4.74 Å². The molecule has 0 bridgehead atoms. The fraction of sp³-hybridized carbons (Fsp3) is 1.00. The van der Waals surface area contributed by atoms with Crippen LogP contribution in [0.3, 0.4) is 0 Å². The highest BCUT2D eigenvalue weighted by Crippen LogP contribution is 2.15. The van der Waals surface area contributed by atoms with E-state index in [2.05, 4.69) is 44.8 Å². The number of ether oxygens (including phenoxy) is 1. The van der Waals surface area contributed by atoms with Gasteiger partial charge in [0.1, 0.15) is 0 Å². The average molecular weight is 244 g/mol. The second-order valence-corrected chi connectivity index (χ2v) is 5.40. The van der Waals surface area contributed by atoms with Gasteiger partial charge in [-0.05, 0) is 59.8 Å². The molecule has 17 heavy (non-hydrogen) atoms. The Morgan fingerprint density at radius 2 is 1.82 bits per heavy atom. The zero-order valence-electron chi connectivity index (χ0n) is 12.7. The van der Waals surface area contributed by atoms with Crippen molar-refractivity contribution in [2.75, 3.05) is 33.3 Å². The second kappa shape index (κ2) is 8.90. The monoisotopic (exact) mass is 244 g/mol. The second-order valence-electron chi connectivity index (χ2n) is 5.40. The summed E-state index contributed by atoms with van der Waals surface area (Å²) in [5, 5.41) is 3.57. The molecule has 0 aliphatic rings. The molecule has 3 heteroatoms. The summed E-state index contributed by atoms with van der Waals surface area (Å²) in [5.41, 5.74) is -0.0225. The Kier molecular flexibility index (Phi) is 8.83. The molecule has 3 nitrogen and oxygen atoms in total. The van der Waals surface area contributed by atoms with Gasteiger partial charge in [0.2, 0.25) is 0 Å². The van der Waals surface area contributed by atoms with Crippen molar-refractivity contribution in [1.82, 2.24) is 10.2 Å². The smallest absolute Gasteiger partial charge is 0.0637 e. The van der Waals surface area contributed by atoms with Gasteiger partial charge in [0.05, 0.1) is 5.60 Å². The summed E-state index contributed by atoms with van der Waals surface area (Å²) in [6.07, 6.45) is 2.27. The molecule has 104 valence electrons. The maximum atomic E-state index is 5.44. The van der Waals surface area contributed by atoms with Gasteiger partial charge in [-0.15, -0.1) is 0 Å². The summed E-state index contributed by atoms with van der Waals surface area (Å²) >= 11 is 0. The van der Waals surface area contributed by atoms with Crippen molar-refractivity contribution in [2.45, 2.75) is 59.1 Å². The maximum absolute atomic E-state index is 5.44. The SMILES string of the molecule is CCN(CC)CCCNC(C)CC(C)(C)OC. The first-order valence-electron chi connectivity index (χ1n) is 6.96. The normalized spacial score (nSPS) is 14.3. The van der Waals surface area contributed by atoms with E-state index in [1.165, 1.54) is 13.0 Å². The molecule has 0 rings (SSSR count). The molecule has 0 radical (unpaired) electrons. The summed E-state index contributed by atoms with van der Waals surface area (Å²) in [6.45, 7) is 15.6. The Morgan fingerprint density at radius 3 is 2.29 bits per heavy atom. The Morgan fingerprint density at radius 1 is 1.24 bits per heavy atom. The molecule has 0 aliphatic carbocycles. The largest absolute Gasteiger partial charge is 0.379 e. The van der Waals surface area contributed by atoms with E-state index >= 15 is 0 Å². The van der Waals surface area contributed by atoms with Gasteiger partial charge in [-0.25, -0.2) is 0 Å². The van der Waals surface area contributed by atoms with E-state index in [4.69, 9.17) is 4.74 Å². The van der Waals surface area contributed by atoms with Gasteiger partial charge >= 0.3 is 0 Å². The van der Waals surface area contributed by atoms with E-state index in [0.717, 1.165) is 26.1 Å². The van der Waals surface area contributed by atoms with Gasteiger partial charge < -0.3 is 15.0 Å². The number of nitrogens with zero attached hydrogens (tertiary/aromatic N) is 1. The molecule has 1 unspecified atom stereocenters. The van der Waals surface area contributed by atoms with Crippen molar-refractivity contribution >= 4 is 0 Å². The average Bonchev–Trinajstić information content (AvgIpc) is 2.29. The Bertz CT molecular complexity index is 179. The number of rotatable bonds is 10. The summed E-state index contributed by atoms with van der Waals surface area (Å²) in [7, 11) is 1.78. The summed E-state index contributed by atoms with van der Waals surface area (Å²) in [6, 6.07) is 0.515. The Balaban J connectivity index is 3.61. The summed E-state index contributed by atoms with van der Waals surface area (Å²) < 4.78 is 5.44. The molecular formula is C14H32N2O. The number of methoxy groups -OCH3 is 1. The molecule has 0 spiro atoms. The van der Waals surface area contributed by atoms with Crippen LogP contribution in [0.4, 0.5) is 0 Å². The number of nitrogens with one attached hydrogen (secondary N) is 1. The minimum absolute atomic E-state index is 0.0225. The molecule has 0 amide bonds. The molecule has 0 aliphatic heterocycles. The molecule has 1 atom stereocenters. The van der Waals surface area contributed by atoms with Gasteiger partial charge in [0, 0.05) is 13.2 Å². The predicted octanol–water partition coefficient (Wildman–Crippen LogP) is 2.51. The predicted molar refractivity (Wildman–Crippen MR) is 75.6 cm³/mol. The van der Waals surface area contributed by atoms with Crippen LogP contribution in [0.5, 0.6) is 0 Å². The number of hydrogen-bond donors (Lipinski definition) is 1. The van der Waals surface area contributed by atoms with Crippen molar-refractivity contribution < 1.29 is 4.74 Å². The van der Waals surface area contributed by atoms with Crippen molar-refractivity contribution in [3.8, 4) is 0 Å². The van der Waals surface area contributed by atoms with Crippen molar-refractivity contribution in [3.05, 3.63) is 0 Å². The first kappa shape index (κ1) is 16.9. The van der Waals surface area contributed by atoms with Crippen LogP contribution < -0.4 is 5.32 Å². The van der Waals surface area contributed by atoms with Gasteiger partial charge in [-0.1, -0.05) is 13.8 Å². The molecular weight excluding hydrogens is 212 g/mol. The Hall–Kier alpha value is -0.120. The number of hydrogen-bond acceptors (Lipinski definition) is 3. The van der Waals surface area contributed by atoms with Crippen molar-refractivity contribution in [3.63, 3.8) is 0 Å². The van der Waals surface area contributed by atoms with Crippen LogP contribution in [0, 0.1) is 0 Å². The minimum Gasteiger partial charge on any atom is -0.379 e. The third-order valence-electron chi connectivity index (χ3n) is 3.39. The zero-order valence-corrected chi connectivity index (χ0v) is 12.7. The molecule has 0 heterocycles. The van der Waals surface area contributed by atoms with Gasteiger partial charge in [0.25, 0.3) is 0 Å². The first-order chi connectivity index (χ1) is 7.95. The van der Waals surface area contributed by atoms with Crippen molar-refractivity contribution in [2.24, 2.45) is 0 Å². The van der Waals surface area contributed by atoms with E-state index in [0.29, 0.717) is 6.04 Å². The van der Waals surface area contributed by atoms with Gasteiger partial charge in [0.15, 0.2) is 0 Å². The summed E-state index contributed by atoms with van der Waals surface area (Å²) in [5.74, 6) is 0. The lowest BCUT2D eigenvalue weighted by Crippen LogP contribution is -2.37. The third-order valence-corrected chi connectivity index (χ3v) is 3.39. The summed E-state index contributed by atoms with van der Waals surface area (Å²) in [4.78, 5) is 2.46. The topological polar surface area (TPSA) is 24.5 Å². The quantitative estimate of drug-likeness (QED) is 0.598. The molecule has 0 fully saturated rings. The highest BCUT2D eigenvalue weighted by molar-refractivity contribution is 4.75. The fourth-order valence-corrected chi connectivity index (χ4v) is 2.08. The first-order valence-corrected chi connectivity index (χ1v) is 6.96. The molecule has 0 saturated carbocycles. The lowest BCUT2D eigenvalue weighted by atomic mass is 10.00. The van der Waals surface area contributed by atoms with Gasteiger partial charge in [-0.2, -0.15) is 0 Å². The van der Waals surface area contributed by atoms with Crippen molar-refractivity contribution in [1.29, 1.82) is 0 Å². The zero-order chi connectivity index (χ0) is 13.3. The lowest BCUT2D eigenvalue weighted by molar-refractivity contribution is 0.00856. The molecule has 0 aromatic carbocycles. The highest BCUT2D eigenvalue weighted by Gasteiger charge is 2.19. The van der Waals surface area contributed by atoms with Crippen LogP contribution >= 0.6 is 0 Å². The maximum Gasteiger partial charge on any atom is 0.0637 e. The van der Waals surface area contributed by atoms with E-state index in [1.54, 1.807) is 7.11 Å². The molecule has 1 N–H and O–H groups in total. The fourth-order valence-electron chi connectivity index (χ4n) is 2.08. The van der Waals surface area contributed by atoms with Crippen LogP contribution in [0.1, 0.15) is 47.5 Å². The Labute approximate surface area is 108 Å². The van der Waals surface area contributed by atoms with Crippen LogP contribution in [-0.4, -0.2) is 49.8 Å². The van der Waals surface area contributed by atoms with E-state index in [1.807, 2.05) is 0 Å². The van der Waals surface area contributed by atoms with Gasteiger partial charge in [-0.3, -0.25) is 0 Å². The van der Waals surface area contributed by atoms with E-state index in [-0.39, 0.29) is 5.60 Å². The molecule has 0 aromatic rings. The lowest BCUT2D eigenvalue weighted by Gasteiger charge is -2.27. The third kappa shape index (κ3) is 8.58. The highest BCUT2D eigenvalue weighted by atomic mass is 16.5.